The maximum absolute atomic E-state index is 13.0. The van der Waals surface area contributed by atoms with Crippen LogP contribution in [0.1, 0.15) is 19.4 Å². The van der Waals surface area contributed by atoms with Gasteiger partial charge in [-0.2, -0.15) is 0 Å². The third-order valence-corrected chi connectivity index (χ3v) is 4.54. The summed E-state index contributed by atoms with van der Waals surface area (Å²) < 4.78 is 0. The molecule has 0 radical (unpaired) electrons. The molecule has 1 aliphatic heterocycles. The zero-order chi connectivity index (χ0) is 16.7. The van der Waals surface area contributed by atoms with Crippen LogP contribution in [0.3, 0.4) is 0 Å². The van der Waals surface area contributed by atoms with Gasteiger partial charge >= 0.3 is 0 Å². The lowest BCUT2D eigenvalue weighted by molar-refractivity contribution is -0.118. The van der Waals surface area contributed by atoms with Crippen molar-refractivity contribution in [2.24, 2.45) is 0 Å². The smallest absolute Gasteiger partial charge is 0.231 e. The number of carbonyl (C=O) groups is 1. The molecule has 0 spiro atoms. The van der Waals surface area contributed by atoms with Gasteiger partial charge in [-0.1, -0.05) is 30.3 Å². The van der Waals surface area contributed by atoms with Crippen molar-refractivity contribution in [3.05, 3.63) is 60.3 Å². The van der Waals surface area contributed by atoms with Crippen molar-refractivity contribution in [1.82, 2.24) is 4.98 Å². The molecule has 0 atom stereocenters. The van der Waals surface area contributed by atoms with Crippen molar-refractivity contribution in [3.8, 4) is 0 Å². The van der Waals surface area contributed by atoms with Gasteiger partial charge in [0, 0.05) is 29.2 Å². The number of aromatic nitrogens is 1. The number of aromatic amines is 1. The second kappa shape index (κ2) is 5.41. The first-order chi connectivity index (χ1) is 11.5. The van der Waals surface area contributed by atoms with Crippen molar-refractivity contribution in [1.29, 1.82) is 0 Å². The van der Waals surface area contributed by atoms with E-state index in [4.69, 9.17) is 0 Å². The Labute approximate surface area is 141 Å². The topological polar surface area (TPSA) is 48.1 Å². The highest BCUT2D eigenvalue weighted by Gasteiger charge is 2.32. The van der Waals surface area contributed by atoms with E-state index in [-0.39, 0.29) is 11.4 Å². The first-order valence-electron chi connectivity index (χ1n) is 8.26. The largest absolute Gasteiger partial charge is 0.377 e. The van der Waals surface area contributed by atoms with Crippen molar-refractivity contribution >= 4 is 28.2 Å². The van der Waals surface area contributed by atoms with E-state index in [2.05, 4.69) is 30.2 Å². The minimum Gasteiger partial charge on any atom is -0.377 e. The molecule has 1 amide bonds. The van der Waals surface area contributed by atoms with Crippen LogP contribution in [-0.2, 0) is 11.2 Å². The van der Waals surface area contributed by atoms with Gasteiger partial charge in [0.05, 0.1) is 17.8 Å². The summed E-state index contributed by atoms with van der Waals surface area (Å²) >= 11 is 0. The number of amides is 1. The van der Waals surface area contributed by atoms with Crippen LogP contribution in [0.25, 0.3) is 10.9 Å². The van der Waals surface area contributed by atoms with E-state index in [0.29, 0.717) is 13.0 Å². The van der Waals surface area contributed by atoms with Gasteiger partial charge in [-0.15, -0.1) is 0 Å². The Morgan fingerprint density at radius 2 is 1.88 bits per heavy atom. The predicted octanol–water partition coefficient (Wildman–Crippen LogP) is 3.95. The summed E-state index contributed by atoms with van der Waals surface area (Å²) in [5.41, 5.74) is 3.94. The summed E-state index contributed by atoms with van der Waals surface area (Å²) in [6.07, 6.45) is 2.34. The maximum atomic E-state index is 13.0. The van der Waals surface area contributed by atoms with E-state index in [1.807, 2.05) is 53.6 Å². The maximum Gasteiger partial charge on any atom is 0.231 e. The Morgan fingerprint density at radius 3 is 2.75 bits per heavy atom. The molecule has 4 heteroatoms. The van der Waals surface area contributed by atoms with E-state index in [1.165, 1.54) is 0 Å². The molecule has 0 aliphatic carbocycles. The molecule has 1 aliphatic rings. The lowest BCUT2D eigenvalue weighted by Crippen LogP contribution is -2.51. The summed E-state index contributed by atoms with van der Waals surface area (Å²) in [5, 5.41) is 4.63. The third kappa shape index (κ3) is 2.54. The molecule has 24 heavy (non-hydrogen) atoms. The molecule has 0 saturated heterocycles. The van der Waals surface area contributed by atoms with E-state index in [9.17, 15) is 4.79 Å². The van der Waals surface area contributed by atoms with Gasteiger partial charge in [0.2, 0.25) is 5.91 Å². The van der Waals surface area contributed by atoms with Crippen LogP contribution in [0.5, 0.6) is 0 Å². The number of carbonyl (C=O) groups excluding carboxylic acids is 1. The SMILES string of the molecule is CC1(C)CN(C(=O)Cc2c[nH]c3ccccc23)c2ccccc2N1. The Bertz CT molecular complexity index is 910. The molecular formula is C20H21N3O. The molecule has 2 N–H and O–H groups in total. The average Bonchev–Trinajstić information content (AvgIpc) is 2.96. The predicted molar refractivity (Wildman–Crippen MR) is 98.5 cm³/mol. The van der Waals surface area contributed by atoms with Gasteiger partial charge in [-0.3, -0.25) is 4.79 Å². The van der Waals surface area contributed by atoms with Crippen LogP contribution in [0.15, 0.2) is 54.7 Å². The third-order valence-electron chi connectivity index (χ3n) is 4.54. The highest BCUT2D eigenvalue weighted by Crippen LogP contribution is 2.34. The molecule has 1 aromatic heterocycles. The van der Waals surface area contributed by atoms with Crippen molar-refractivity contribution in [2.45, 2.75) is 25.8 Å². The van der Waals surface area contributed by atoms with Gasteiger partial charge in [-0.25, -0.2) is 0 Å². The first kappa shape index (κ1) is 14.8. The summed E-state index contributed by atoms with van der Waals surface area (Å²) in [4.78, 5) is 18.2. The van der Waals surface area contributed by atoms with Crippen LogP contribution in [0.2, 0.25) is 0 Å². The number of para-hydroxylation sites is 3. The number of rotatable bonds is 2. The molecule has 2 heterocycles. The zero-order valence-corrected chi connectivity index (χ0v) is 14.0. The molecule has 0 unspecified atom stereocenters. The normalized spacial score (nSPS) is 15.8. The molecule has 2 aromatic carbocycles. The van der Waals surface area contributed by atoms with Gasteiger partial charge < -0.3 is 15.2 Å². The fourth-order valence-electron chi connectivity index (χ4n) is 3.46. The number of hydrogen-bond acceptors (Lipinski definition) is 2. The van der Waals surface area contributed by atoms with Crippen molar-refractivity contribution in [2.75, 3.05) is 16.8 Å². The van der Waals surface area contributed by atoms with Crippen LogP contribution in [0, 0.1) is 0 Å². The quantitative estimate of drug-likeness (QED) is 0.751. The van der Waals surface area contributed by atoms with E-state index in [0.717, 1.165) is 27.8 Å². The average molecular weight is 319 g/mol. The zero-order valence-electron chi connectivity index (χ0n) is 14.0. The number of H-pyrrole nitrogens is 1. The monoisotopic (exact) mass is 319 g/mol. The number of benzene rings is 2. The Morgan fingerprint density at radius 1 is 1.12 bits per heavy atom. The number of anilines is 2. The molecule has 3 aromatic rings. The van der Waals surface area contributed by atoms with Crippen LogP contribution in [0.4, 0.5) is 11.4 Å². The van der Waals surface area contributed by atoms with E-state index in [1.54, 1.807) is 0 Å². The second-order valence-electron chi connectivity index (χ2n) is 7.04. The van der Waals surface area contributed by atoms with Gasteiger partial charge in [0.1, 0.15) is 0 Å². The van der Waals surface area contributed by atoms with Crippen molar-refractivity contribution < 1.29 is 4.79 Å². The molecule has 0 bridgehead atoms. The molecular weight excluding hydrogens is 298 g/mol. The molecule has 0 fully saturated rings. The lowest BCUT2D eigenvalue weighted by atomic mass is 9.98. The van der Waals surface area contributed by atoms with Crippen molar-refractivity contribution in [3.63, 3.8) is 0 Å². The van der Waals surface area contributed by atoms with Gasteiger partial charge in [-0.05, 0) is 37.6 Å². The highest BCUT2D eigenvalue weighted by molar-refractivity contribution is 6.01. The van der Waals surface area contributed by atoms with Gasteiger partial charge in [0.15, 0.2) is 0 Å². The second-order valence-corrected chi connectivity index (χ2v) is 7.04. The van der Waals surface area contributed by atoms with E-state index >= 15 is 0 Å². The lowest BCUT2D eigenvalue weighted by Gasteiger charge is -2.41. The summed E-state index contributed by atoms with van der Waals surface area (Å²) in [6.45, 7) is 4.90. The van der Waals surface area contributed by atoms with Crippen LogP contribution in [-0.4, -0.2) is 23.0 Å². The fourth-order valence-corrected chi connectivity index (χ4v) is 3.46. The molecule has 122 valence electrons. The number of nitrogens with zero attached hydrogens (tertiary/aromatic N) is 1. The fraction of sp³-hybridized carbons (Fsp3) is 0.250. The summed E-state index contributed by atoms with van der Waals surface area (Å²) in [5.74, 6) is 0.127. The highest BCUT2D eigenvalue weighted by atomic mass is 16.2. The number of hydrogen-bond donors (Lipinski definition) is 2. The number of nitrogens with one attached hydrogen (secondary N) is 2. The van der Waals surface area contributed by atoms with Crippen LogP contribution >= 0.6 is 0 Å². The summed E-state index contributed by atoms with van der Waals surface area (Å²) in [7, 11) is 0. The molecule has 4 nitrogen and oxygen atoms in total. The summed E-state index contributed by atoms with van der Waals surface area (Å²) in [6, 6.07) is 16.1. The molecule has 0 saturated carbocycles. The minimum absolute atomic E-state index is 0.127. The van der Waals surface area contributed by atoms with Gasteiger partial charge in [0.25, 0.3) is 0 Å². The minimum atomic E-state index is -0.149. The Hall–Kier alpha value is -2.75. The Balaban J connectivity index is 1.67. The standard InChI is InChI=1S/C20H21N3O/c1-20(2)13-23(18-10-6-5-9-17(18)22-20)19(24)11-14-12-21-16-8-4-3-7-15(14)16/h3-10,12,21-22H,11,13H2,1-2H3. The Kier molecular flexibility index (Phi) is 3.34. The van der Waals surface area contributed by atoms with E-state index < -0.39 is 0 Å². The molecule has 4 rings (SSSR count). The number of fused-ring (bicyclic) bond motifs is 2. The van der Waals surface area contributed by atoms with Crippen LogP contribution < -0.4 is 10.2 Å². The first-order valence-corrected chi connectivity index (χ1v) is 8.26.